The Hall–Kier alpha value is -1.01. The minimum absolute atomic E-state index is 0.0297. The van der Waals surface area contributed by atoms with Crippen LogP contribution in [0.1, 0.15) is 37.4 Å². The molecule has 1 aliphatic carbocycles. The van der Waals surface area contributed by atoms with E-state index >= 15 is 0 Å². The van der Waals surface area contributed by atoms with Gasteiger partial charge in [0.05, 0.1) is 17.0 Å². The molecule has 106 valence electrons. The Labute approximate surface area is 113 Å². The summed E-state index contributed by atoms with van der Waals surface area (Å²) in [5.74, 6) is -0.450. The molecule has 2 rings (SSSR count). The first kappa shape index (κ1) is 14.4. The van der Waals surface area contributed by atoms with Crippen LogP contribution < -0.4 is 5.73 Å². The fourth-order valence-electron chi connectivity index (χ4n) is 2.76. The average molecular weight is 286 g/mol. The van der Waals surface area contributed by atoms with Crippen molar-refractivity contribution in [3.8, 4) is 0 Å². The van der Waals surface area contributed by atoms with Gasteiger partial charge in [0.1, 0.15) is 15.7 Å². The first-order valence-corrected chi connectivity index (χ1v) is 8.40. The van der Waals surface area contributed by atoms with Crippen LogP contribution in [0.25, 0.3) is 0 Å². The van der Waals surface area contributed by atoms with Gasteiger partial charge in [-0.1, -0.05) is 6.42 Å². The zero-order valence-electron chi connectivity index (χ0n) is 10.9. The van der Waals surface area contributed by atoms with E-state index in [0.717, 1.165) is 12.8 Å². The van der Waals surface area contributed by atoms with E-state index in [1.165, 1.54) is 24.6 Å². The maximum Gasteiger partial charge on any atom is 0.150 e. The lowest BCUT2D eigenvalue weighted by Gasteiger charge is -2.31. The molecule has 1 aromatic rings. The Morgan fingerprint density at radius 3 is 2.84 bits per heavy atom. The first-order chi connectivity index (χ1) is 8.89. The molecule has 2 N–H and O–H groups in total. The molecule has 4 nitrogen and oxygen atoms in total. The van der Waals surface area contributed by atoms with E-state index in [2.05, 4.69) is 4.98 Å². The fourth-order valence-corrected chi connectivity index (χ4v) is 3.95. The second kappa shape index (κ2) is 5.54. The molecular weight excluding hydrogens is 267 g/mol. The highest BCUT2D eigenvalue weighted by molar-refractivity contribution is 7.91. The standard InChI is InChI=1S/C13H19FN2O2S/c1-19(17,18)10-5-2-4-9(8-10)12(15)13-11(14)6-3-7-16-13/h3,6-7,9-10,12H,2,4-5,8,15H2,1H3. The summed E-state index contributed by atoms with van der Waals surface area (Å²) in [6.45, 7) is 0. The van der Waals surface area contributed by atoms with Crippen LogP contribution in [0.5, 0.6) is 0 Å². The van der Waals surface area contributed by atoms with Crippen LogP contribution in [-0.2, 0) is 9.84 Å². The summed E-state index contributed by atoms with van der Waals surface area (Å²) in [6, 6.07) is 2.32. The predicted octanol–water partition coefficient (Wildman–Crippen LogP) is 1.82. The molecule has 1 aliphatic rings. The van der Waals surface area contributed by atoms with Gasteiger partial charge >= 0.3 is 0 Å². The van der Waals surface area contributed by atoms with Gasteiger partial charge in [-0.15, -0.1) is 0 Å². The van der Waals surface area contributed by atoms with Crippen LogP contribution in [0, 0.1) is 11.7 Å². The summed E-state index contributed by atoms with van der Waals surface area (Å²) in [4.78, 5) is 3.99. The quantitative estimate of drug-likeness (QED) is 0.920. The van der Waals surface area contributed by atoms with Gasteiger partial charge in [-0.25, -0.2) is 12.8 Å². The highest BCUT2D eigenvalue weighted by atomic mass is 32.2. The van der Waals surface area contributed by atoms with Crippen molar-refractivity contribution < 1.29 is 12.8 Å². The Morgan fingerprint density at radius 1 is 1.47 bits per heavy atom. The van der Waals surface area contributed by atoms with Gasteiger partial charge in [0.25, 0.3) is 0 Å². The normalized spacial score (nSPS) is 26.1. The summed E-state index contributed by atoms with van der Waals surface area (Å²) in [5, 5.41) is -0.357. The van der Waals surface area contributed by atoms with Gasteiger partial charge in [-0.3, -0.25) is 4.98 Å². The van der Waals surface area contributed by atoms with Gasteiger partial charge in [-0.2, -0.15) is 0 Å². The summed E-state index contributed by atoms with van der Waals surface area (Å²) in [6.07, 6.45) is 5.57. The third kappa shape index (κ3) is 3.30. The van der Waals surface area contributed by atoms with Crippen LogP contribution in [0.3, 0.4) is 0 Å². The number of nitrogens with two attached hydrogens (primary N) is 1. The number of hydrogen-bond acceptors (Lipinski definition) is 4. The van der Waals surface area contributed by atoms with E-state index in [-0.39, 0.29) is 16.9 Å². The average Bonchev–Trinajstić information content (AvgIpc) is 2.38. The van der Waals surface area contributed by atoms with Crippen LogP contribution in [0.4, 0.5) is 4.39 Å². The van der Waals surface area contributed by atoms with Crippen molar-refractivity contribution in [3.05, 3.63) is 29.8 Å². The molecule has 3 atom stereocenters. The van der Waals surface area contributed by atoms with Gasteiger partial charge in [0, 0.05) is 12.5 Å². The first-order valence-electron chi connectivity index (χ1n) is 6.44. The third-order valence-corrected chi connectivity index (χ3v) is 5.52. The molecular formula is C13H19FN2O2S. The van der Waals surface area contributed by atoms with Gasteiger partial charge in [-0.05, 0) is 37.3 Å². The molecule has 0 spiro atoms. The van der Waals surface area contributed by atoms with E-state index in [1.807, 2.05) is 0 Å². The largest absolute Gasteiger partial charge is 0.322 e. The lowest BCUT2D eigenvalue weighted by molar-refractivity contribution is 0.300. The van der Waals surface area contributed by atoms with Gasteiger partial charge in [0.15, 0.2) is 0 Å². The molecule has 0 aliphatic heterocycles. The second-order valence-corrected chi connectivity index (χ2v) is 7.60. The molecule has 19 heavy (non-hydrogen) atoms. The van der Waals surface area contributed by atoms with Gasteiger partial charge < -0.3 is 5.73 Å². The topological polar surface area (TPSA) is 73.0 Å². The van der Waals surface area contributed by atoms with E-state index < -0.39 is 21.7 Å². The molecule has 0 radical (unpaired) electrons. The van der Waals surface area contributed by atoms with Crippen LogP contribution >= 0.6 is 0 Å². The lowest BCUT2D eigenvalue weighted by Crippen LogP contribution is -2.33. The van der Waals surface area contributed by atoms with E-state index in [1.54, 1.807) is 0 Å². The zero-order valence-corrected chi connectivity index (χ0v) is 11.7. The van der Waals surface area contributed by atoms with Crippen molar-refractivity contribution >= 4 is 9.84 Å². The Morgan fingerprint density at radius 2 is 2.21 bits per heavy atom. The Kier molecular flexibility index (Phi) is 4.20. The van der Waals surface area contributed by atoms with Crippen LogP contribution in [-0.4, -0.2) is 24.9 Å². The predicted molar refractivity (Wildman–Crippen MR) is 71.7 cm³/mol. The van der Waals surface area contributed by atoms with Crippen molar-refractivity contribution in [1.82, 2.24) is 4.98 Å². The highest BCUT2D eigenvalue weighted by Crippen LogP contribution is 2.35. The number of hydrogen-bond donors (Lipinski definition) is 1. The maximum absolute atomic E-state index is 13.7. The lowest BCUT2D eigenvalue weighted by atomic mass is 9.82. The van der Waals surface area contributed by atoms with Crippen molar-refractivity contribution in [2.24, 2.45) is 11.7 Å². The SMILES string of the molecule is CS(=O)(=O)C1CCCC(C(N)c2ncccc2F)C1. The molecule has 0 bridgehead atoms. The summed E-state index contributed by atoms with van der Waals surface area (Å²) >= 11 is 0. The van der Waals surface area contributed by atoms with Crippen molar-refractivity contribution in [1.29, 1.82) is 0 Å². The number of aromatic nitrogens is 1. The number of pyridine rings is 1. The van der Waals surface area contributed by atoms with Crippen molar-refractivity contribution in [3.63, 3.8) is 0 Å². The smallest absolute Gasteiger partial charge is 0.150 e. The molecule has 1 aromatic heterocycles. The van der Waals surface area contributed by atoms with Gasteiger partial charge in [0.2, 0.25) is 0 Å². The van der Waals surface area contributed by atoms with Crippen molar-refractivity contribution in [2.45, 2.75) is 37.0 Å². The fraction of sp³-hybridized carbons (Fsp3) is 0.615. The zero-order chi connectivity index (χ0) is 14.0. The summed E-state index contributed by atoms with van der Waals surface area (Å²) in [5.41, 5.74) is 6.32. The number of nitrogens with zero attached hydrogens (tertiary/aromatic N) is 1. The van der Waals surface area contributed by atoms with Crippen LogP contribution in [0.15, 0.2) is 18.3 Å². The number of sulfone groups is 1. The molecule has 1 saturated carbocycles. The molecule has 6 heteroatoms. The highest BCUT2D eigenvalue weighted by Gasteiger charge is 2.33. The molecule has 1 heterocycles. The minimum atomic E-state index is -3.05. The Bertz CT molecular complexity index is 547. The van der Waals surface area contributed by atoms with E-state index in [9.17, 15) is 12.8 Å². The monoisotopic (exact) mass is 286 g/mol. The molecule has 1 fully saturated rings. The molecule has 3 unspecified atom stereocenters. The summed E-state index contributed by atoms with van der Waals surface area (Å²) in [7, 11) is -3.05. The molecule has 0 saturated heterocycles. The molecule has 0 amide bonds. The minimum Gasteiger partial charge on any atom is -0.322 e. The molecule has 0 aromatic carbocycles. The third-order valence-electron chi connectivity index (χ3n) is 3.88. The van der Waals surface area contributed by atoms with E-state index in [0.29, 0.717) is 12.8 Å². The maximum atomic E-state index is 13.7. The van der Waals surface area contributed by atoms with E-state index in [4.69, 9.17) is 5.73 Å². The number of rotatable bonds is 3. The van der Waals surface area contributed by atoms with Crippen molar-refractivity contribution in [2.75, 3.05) is 6.26 Å². The summed E-state index contributed by atoms with van der Waals surface area (Å²) < 4.78 is 36.9. The Balaban J connectivity index is 2.16. The number of halogens is 1. The van der Waals surface area contributed by atoms with Crippen LogP contribution in [0.2, 0.25) is 0 Å². The second-order valence-electron chi connectivity index (χ2n) is 5.27.